The van der Waals surface area contributed by atoms with Gasteiger partial charge in [-0.05, 0) is 76.3 Å². The third-order valence-electron chi connectivity index (χ3n) is 7.23. The lowest BCUT2D eigenvalue weighted by molar-refractivity contribution is 0.0185. The van der Waals surface area contributed by atoms with Crippen LogP contribution in [0.5, 0.6) is 0 Å². The van der Waals surface area contributed by atoms with Gasteiger partial charge in [0.15, 0.2) is 0 Å². The second-order valence-corrected chi connectivity index (χ2v) is 11.6. The number of aromatic nitrogens is 4. The van der Waals surface area contributed by atoms with Gasteiger partial charge in [-0.25, -0.2) is 9.78 Å². The number of amides is 2. The average molecular weight is 568 g/mol. The normalized spacial score (nSPS) is 14.8. The molecule has 1 saturated heterocycles. The van der Waals surface area contributed by atoms with E-state index in [9.17, 15) is 9.59 Å². The minimum Gasteiger partial charge on any atom is -0.444 e. The van der Waals surface area contributed by atoms with Crippen molar-refractivity contribution in [1.82, 2.24) is 24.8 Å². The van der Waals surface area contributed by atoms with E-state index in [-0.39, 0.29) is 24.0 Å². The van der Waals surface area contributed by atoms with Gasteiger partial charge in [-0.15, -0.1) is 0 Å². The van der Waals surface area contributed by atoms with Crippen molar-refractivity contribution in [2.24, 2.45) is 5.92 Å². The first kappa shape index (κ1) is 28.9. The number of rotatable bonds is 7. The summed E-state index contributed by atoms with van der Waals surface area (Å²) >= 11 is 0. The monoisotopic (exact) mass is 567 g/mol. The molecule has 5 rings (SSSR count). The van der Waals surface area contributed by atoms with Gasteiger partial charge in [-0.1, -0.05) is 30.3 Å². The first-order chi connectivity index (χ1) is 20.2. The Bertz CT molecular complexity index is 1530. The van der Waals surface area contributed by atoms with Gasteiger partial charge in [0, 0.05) is 43.8 Å². The third-order valence-corrected chi connectivity index (χ3v) is 7.23. The molecule has 0 saturated carbocycles. The lowest BCUT2D eigenvalue weighted by Gasteiger charge is -2.35. The van der Waals surface area contributed by atoms with Crippen LogP contribution in [0.3, 0.4) is 0 Å². The van der Waals surface area contributed by atoms with Crippen LogP contribution < -0.4 is 10.2 Å². The van der Waals surface area contributed by atoms with Crippen molar-refractivity contribution < 1.29 is 14.3 Å². The maximum Gasteiger partial charge on any atom is 0.410 e. The molecule has 0 bridgehead atoms. The minimum atomic E-state index is -0.544. The topological polar surface area (TPSA) is 113 Å². The second kappa shape index (κ2) is 12.5. The van der Waals surface area contributed by atoms with Gasteiger partial charge in [-0.3, -0.25) is 19.7 Å². The Labute approximate surface area is 246 Å². The Morgan fingerprint density at radius 3 is 2.40 bits per heavy atom. The van der Waals surface area contributed by atoms with E-state index in [0.29, 0.717) is 42.5 Å². The van der Waals surface area contributed by atoms with Crippen molar-refractivity contribution >= 4 is 34.8 Å². The Morgan fingerprint density at radius 2 is 1.69 bits per heavy atom. The number of ether oxygens (including phenoxy) is 1. The average Bonchev–Trinajstić information content (AvgIpc) is 2.99. The largest absolute Gasteiger partial charge is 0.444 e. The Balaban J connectivity index is 1.37. The highest BCUT2D eigenvalue weighted by molar-refractivity contribution is 6.07. The highest BCUT2D eigenvalue weighted by Crippen LogP contribution is 2.26. The number of anilines is 2. The number of benzene rings is 2. The Hall–Kier alpha value is -4.60. The summed E-state index contributed by atoms with van der Waals surface area (Å²) in [5, 5.41) is 3.36. The predicted octanol–water partition coefficient (Wildman–Crippen LogP) is 5.89. The van der Waals surface area contributed by atoms with E-state index < -0.39 is 5.60 Å². The van der Waals surface area contributed by atoms with Crippen LogP contribution in [0.25, 0.3) is 11.0 Å². The quantitative estimate of drug-likeness (QED) is 0.294. The van der Waals surface area contributed by atoms with Gasteiger partial charge >= 0.3 is 6.09 Å². The van der Waals surface area contributed by atoms with Crippen molar-refractivity contribution in [2.75, 3.05) is 29.9 Å². The summed E-state index contributed by atoms with van der Waals surface area (Å²) in [6.07, 6.45) is 6.10. The van der Waals surface area contributed by atoms with Crippen molar-refractivity contribution in [2.45, 2.75) is 52.2 Å². The molecule has 1 aliphatic heterocycles. The zero-order valence-corrected chi connectivity index (χ0v) is 24.5. The fourth-order valence-corrected chi connectivity index (χ4v) is 5.00. The smallest absolute Gasteiger partial charge is 0.410 e. The number of hydrogen-bond donors (Lipinski definition) is 1. The van der Waals surface area contributed by atoms with Crippen LogP contribution in [-0.2, 0) is 4.74 Å². The van der Waals surface area contributed by atoms with Crippen LogP contribution >= 0.6 is 0 Å². The number of hydrogen-bond acceptors (Lipinski definition) is 8. The van der Waals surface area contributed by atoms with Crippen molar-refractivity contribution in [3.8, 4) is 0 Å². The highest BCUT2D eigenvalue weighted by Gasteiger charge is 2.30. The van der Waals surface area contributed by atoms with Crippen LogP contribution in [0.4, 0.5) is 16.6 Å². The molecule has 1 fully saturated rings. The molecule has 10 heteroatoms. The SMILES string of the molecule is C[C@H](Nc1nccc(N(CC2CCN(C(=O)OC(C)(C)C)CC2)C(=O)c2ccc3nccnc3c2)n1)c1ccccc1. The number of likely N-dealkylation sites (tertiary alicyclic amines) is 1. The van der Waals surface area contributed by atoms with Crippen molar-refractivity contribution in [3.05, 3.63) is 84.3 Å². The summed E-state index contributed by atoms with van der Waals surface area (Å²) in [7, 11) is 0. The number of piperidine rings is 1. The van der Waals surface area contributed by atoms with E-state index in [1.165, 1.54) is 0 Å². The van der Waals surface area contributed by atoms with E-state index in [0.717, 1.165) is 23.9 Å². The lowest BCUT2D eigenvalue weighted by atomic mass is 9.96. The van der Waals surface area contributed by atoms with Gasteiger partial charge < -0.3 is 15.0 Å². The predicted molar refractivity (Wildman–Crippen MR) is 162 cm³/mol. The summed E-state index contributed by atoms with van der Waals surface area (Å²) in [5.41, 5.74) is 2.43. The summed E-state index contributed by atoms with van der Waals surface area (Å²) < 4.78 is 5.56. The zero-order chi connectivity index (χ0) is 29.7. The van der Waals surface area contributed by atoms with Crippen LogP contribution in [0.1, 0.15) is 62.5 Å². The number of fused-ring (bicyclic) bond motifs is 1. The van der Waals surface area contributed by atoms with Gasteiger partial charge in [0.05, 0.1) is 17.1 Å². The molecule has 218 valence electrons. The summed E-state index contributed by atoms with van der Waals surface area (Å²) in [5.74, 6) is 0.928. The molecule has 4 aromatic rings. The number of nitrogens with zero attached hydrogens (tertiary/aromatic N) is 6. The highest BCUT2D eigenvalue weighted by atomic mass is 16.6. The Kier molecular flexibility index (Phi) is 8.61. The molecule has 0 spiro atoms. The minimum absolute atomic E-state index is 0.0261. The van der Waals surface area contributed by atoms with Gasteiger partial charge in [0.25, 0.3) is 5.91 Å². The molecule has 2 amide bonds. The summed E-state index contributed by atoms with van der Waals surface area (Å²) in [6.45, 7) is 9.23. The molecule has 0 radical (unpaired) electrons. The first-order valence-electron chi connectivity index (χ1n) is 14.3. The van der Waals surface area contributed by atoms with Gasteiger partial charge in [0.2, 0.25) is 5.95 Å². The fraction of sp³-hybridized carbons (Fsp3) is 0.375. The van der Waals surface area contributed by atoms with E-state index in [2.05, 4.69) is 20.3 Å². The standard InChI is InChI=1S/C32H37N7O3/c1-22(24-8-6-5-7-9-24)36-30-35-15-12-28(37-30)39(29(40)25-10-11-26-27(20-25)34-17-16-33-26)21-23-13-18-38(19-14-23)31(41)42-32(2,3)4/h5-12,15-17,20,22-23H,13-14,18-19,21H2,1-4H3,(H,35,36,37)/t22-/m0/s1. The number of carbonyl (C=O) groups excluding carboxylic acids is 2. The molecule has 1 N–H and O–H groups in total. The van der Waals surface area contributed by atoms with Crippen molar-refractivity contribution in [3.63, 3.8) is 0 Å². The molecule has 2 aromatic carbocycles. The molecular weight excluding hydrogens is 530 g/mol. The molecular formula is C32H37N7O3. The molecule has 3 heterocycles. The van der Waals surface area contributed by atoms with Gasteiger partial charge in [-0.2, -0.15) is 4.98 Å². The summed E-state index contributed by atoms with van der Waals surface area (Å²) in [4.78, 5) is 48.0. The zero-order valence-electron chi connectivity index (χ0n) is 24.5. The first-order valence-corrected chi connectivity index (χ1v) is 14.3. The van der Waals surface area contributed by atoms with E-state index in [4.69, 9.17) is 9.72 Å². The number of nitrogens with one attached hydrogen (secondary N) is 1. The van der Waals surface area contributed by atoms with Crippen LogP contribution in [0.15, 0.2) is 73.2 Å². The molecule has 0 unspecified atom stereocenters. The third kappa shape index (κ3) is 7.18. The maximum absolute atomic E-state index is 14.1. The molecule has 0 aliphatic carbocycles. The maximum atomic E-state index is 14.1. The molecule has 1 aliphatic rings. The van der Waals surface area contributed by atoms with Crippen LogP contribution in [0.2, 0.25) is 0 Å². The molecule has 42 heavy (non-hydrogen) atoms. The van der Waals surface area contributed by atoms with E-state index in [1.54, 1.807) is 46.6 Å². The lowest BCUT2D eigenvalue weighted by Crippen LogP contribution is -2.45. The van der Waals surface area contributed by atoms with Crippen LogP contribution in [0, 0.1) is 5.92 Å². The summed E-state index contributed by atoms with van der Waals surface area (Å²) in [6, 6.07) is 17.1. The van der Waals surface area contributed by atoms with E-state index in [1.807, 2.05) is 64.1 Å². The van der Waals surface area contributed by atoms with E-state index >= 15 is 0 Å². The molecule has 2 aromatic heterocycles. The Morgan fingerprint density at radius 1 is 0.976 bits per heavy atom. The van der Waals surface area contributed by atoms with Crippen molar-refractivity contribution in [1.29, 1.82) is 0 Å². The second-order valence-electron chi connectivity index (χ2n) is 11.6. The van der Waals surface area contributed by atoms with Gasteiger partial charge in [0.1, 0.15) is 11.4 Å². The molecule has 1 atom stereocenters. The molecule has 10 nitrogen and oxygen atoms in total. The fourth-order valence-electron chi connectivity index (χ4n) is 5.00. The van der Waals surface area contributed by atoms with Crippen LogP contribution in [-0.4, -0.2) is 62.1 Å². The number of carbonyl (C=O) groups is 2.